The zero-order chi connectivity index (χ0) is 19.8. The molecule has 1 aromatic carbocycles. The maximum Gasteiger partial charge on any atom is 0.227 e. The van der Waals surface area contributed by atoms with Crippen LogP contribution >= 0.6 is 11.3 Å². The van der Waals surface area contributed by atoms with E-state index in [1.165, 1.54) is 10.4 Å². The number of aryl methyl sites for hydroxylation is 1. The Kier molecular flexibility index (Phi) is 4.48. The van der Waals surface area contributed by atoms with Crippen LogP contribution in [0.1, 0.15) is 33.6 Å². The predicted octanol–water partition coefficient (Wildman–Crippen LogP) is 3.34. The molecule has 1 atom stereocenters. The molecule has 0 fully saturated rings. The summed E-state index contributed by atoms with van der Waals surface area (Å²) in [6.07, 6.45) is 2.89. The molecule has 0 bridgehead atoms. The van der Waals surface area contributed by atoms with Crippen molar-refractivity contribution in [1.82, 2.24) is 25.1 Å². The van der Waals surface area contributed by atoms with Crippen LogP contribution in [0.25, 0.3) is 5.69 Å². The molecule has 4 aromatic rings. The van der Waals surface area contributed by atoms with Gasteiger partial charge in [0.05, 0.1) is 18.4 Å². The monoisotopic (exact) mass is 405 g/mol. The van der Waals surface area contributed by atoms with Crippen LogP contribution in [0.4, 0.5) is 0 Å². The first-order valence-electron chi connectivity index (χ1n) is 9.44. The van der Waals surface area contributed by atoms with Crippen molar-refractivity contribution in [3.05, 3.63) is 81.7 Å². The number of nitrogens with zero attached hydrogens (tertiary/aromatic N) is 5. The molecule has 29 heavy (non-hydrogen) atoms. The smallest absolute Gasteiger partial charge is 0.227 e. The molecule has 8 heteroatoms. The average molecular weight is 405 g/mol. The van der Waals surface area contributed by atoms with Crippen molar-refractivity contribution in [1.29, 1.82) is 0 Å². The number of fused-ring (bicyclic) bond motifs is 1. The van der Waals surface area contributed by atoms with E-state index in [-0.39, 0.29) is 11.9 Å². The minimum atomic E-state index is -0.157. The quantitative estimate of drug-likeness (QED) is 0.520. The number of thiophene rings is 1. The Bertz CT molecular complexity index is 1130. The third-order valence-electron chi connectivity index (χ3n) is 5.26. The van der Waals surface area contributed by atoms with Crippen LogP contribution < -0.4 is 0 Å². The molecule has 4 heterocycles. The summed E-state index contributed by atoms with van der Waals surface area (Å²) in [5.41, 5.74) is 3.01. The highest BCUT2D eigenvalue weighted by Gasteiger charge is 2.34. The van der Waals surface area contributed by atoms with Gasteiger partial charge in [0, 0.05) is 11.4 Å². The molecule has 0 unspecified atom stereocenters. The van der Waals surface area contributed by atoms with Gasteiger partial charge in [0.2, 0.25) is 5.91 Å². The van der Waals surface area contributed by atoms with E-state index in [4.69, 9.17) is 4.42 Å². The van der Waals surface area contributed by atoms with E-state index in [0.717, 1.165) is 29.3 Å². The first-order valence-corrected chi connectivity index (χ1v) is 10.3. The number of tetrazole rings is 1. The number of aromatic nitrogens is 4. The van der Waals surface area contributed by atoms with Crippen LogP contribution in [-0.2, 0) is 17.6 Å². The number of carbonyl (C=O) groups excluding carboxylic acids is 1. The molecule has 146 valence electrons. The summed E-state index contributed by atoms with van der Waals surface area (Å²) in [4.78, 5) is 16.5. The van der Waals surface area contributed by atoms with Gasteiger partial charge >= 0.3 is 0 Å². The second-order valence-electron chi connectivity index (χ2n) is 7.04. The third kappa shape index (κ3) is 3.25. The van der Waals surface area contributed by atoms with Gasteiger partial charge in [0.15, 0.2) is 5.82 Å². The van der Waals surface area contributed by atoms with Crippen molar-refractivity contribution in [2.45, 2.75) is 25.8 Å². The van der Waals surface area contributed by atoms with Gasteiger partial charge in [-0.05, 0) is 70.6 Å². The van der Waals surface area contributed by atoms with Crippen LogP contribution in [0.15, 0.2) is 58.5 Å². The minimum Gasteiger partial charge on any atom is -0.467 e. The maximum atomic E-state index is 13.2. The van der Waals surface area contributed by atoms with Crippen LogP contribution in [0.5, 0.6) is 0 Å². The van der Waals surface area contributed by atoms with E-state index < -0.39 is 0 Å². The SMILES string of the molecule is Cc1nnnn1-c1ccc(CC(=O)N2CCc3sccc3[C@H]2c2ccco2)cc1. The summed E-state index contributed by atoms with van der Waals surface area (Å²) in [5, 5.41) is 13.6. The lowest BCUT2D eigenvalue weighted by Crippen LogP contribution is -2.40. The van der Waals surface area contributed by atoms with E-state index in [2.05, 4.69) is 27.0 Å². The Labute approximate surface area is 171 Å². The summed E-state index contributed by atoms with van der Waals surface area (Å²) in [7, 11) is 0. The molecular weight excluding hydrogens is 386 g/mol. The number of furan rings is 1. The molecule has 0 aliphatic carbocycles. The molecule has 3 aromatic heterocycles. The van der Waals surface area contributed by atoms with Crippen LogP contribution in [0, 0.1) is 6.92 Å². The van der Waals surface area contributed by atoms with Crippen molar-refractivity contribution < 1.29 is 9.21 Å². The highest BCUT2D eigenvalue weighted by molar-refractivity contribution is 7.10. The van der Waals surface area contributed by atoms with Gasteiger partial charge < -0.3 is 9.32 Å². The Morgan fingerprint density at radius 1 is 1.24 bits per heavy atom. The second kappa shape index (κ2) is 7.29. The topological polar surface area (TPSA) is 77.1 Å². The first-order chi connectivity index (χ1) is 14.2. The molecule has 1 amide bonds. The number of amides is 1. The van der Waals surface area contributed by atoms with Gasteiger partial charge in [-0.25, -0.2) is 0 Å². The second-order valence-corrected chi connectivity index (χ2v) is 8.04. The summed E-state index contributed by atoms with van der Waals surface area (Å²) >= 11 is 1.75. The Morgan fingerprint density at radius 2 is 2.10 bits per heavy atom. The number of hydrogen-bond donors (Lipinski definition) is 0. The molecule has 0 spiro atoms. The fourth-order valence-electron chi connectivity index (χ4n) is 3.84. The molecule has 5 rings (SSSR count). The van der Waals surface area contributed by atoms with Crippen molar-refractivity contribution in [3.63, 3.8) is 0 Å². The van der Waals surface area contributed by atoms with E-state index in [1.54, 1.807) is 22.3 Å². The van der Waals surface area contributed by atoms with Crippen molar-refractivity contribution >= 4 is 17.2 Å². The van der Waals surface area contributed by atoms with Gasteiger partial charge in [-0.15, -0.1) is 16.4 Å². The largest absolute Gasteiger partial charge is 0.467 e. The van der Waals surface area contributed by atoms with Crippen LogP contribution in [0.3, 0.4) is 0 Å². The molecular formula is C21H19N5O2S. The lowest BCUT2D eigenvalue weighted by Gasteiger charge is -2.35. The predicted molar refractivity (Wildman–Crippen MR) is 108 cm³/mol. The number of hydrogen-bond acceptors (Lipinski definition) is 6. The summed E-state index contributed by atoms with van der Waals surface area (Å²) in [5.74, 6) is 1.62. The van der Waals surface area contributed by atoms with E-state index in [9.17, 15) is 4.79 Å². The fourth-order valence-corrected chi connectivity index (χ4v) is 4.74. The van der Waals surface area contributed by atoms with Gasteiger partial charge in [-0.3, -0.25) is 4.79 Å². The summed E-state index contributed by atoms with van der Waals surface area (Å²) in [6, 6.07) is 13.5. The number of carbonyl (C=O) groups is 1. The number of rotatable bonds is 4. The molecule has 7 nitrogen and oxygen atoms in total. The normalized spacial score (nSPS) is 16.0. The van der Waals surface area contributed by atoms with Crippen molar-refractivity contribution in [3.8, 4) is 5.69 Å². The van der Waals surface area contributed by atoms with E-state index in [0.29, 0.717) is 13.0 Å². The van der Waals surface area contributed by atoms with Gasteiger partial charge in [0.25, 0.3) is 0 Å². The Morgan fingerprint density at radius 3 is 2.83 bits per heavy atom. The fraction of sp³-hybridized carbons (Fsp3) is 0.238. The third-order valence-corrected chi connectivity index (χ3v) is 6.26. The number of benzene rings is 1. The summed E-state index contributed by atoms with van der Waals surface area (Å²) < 4.78 is 7.36. The zero-order valence-corrected chi connectivity index (χ0v) is 16.7. The highest BCUT2D eigenvalue weighted by atomic mass is 32.1. The Balaban J connectivity index is 1.38. The lowest BCUT2D eigenvalue weighted by molar-refractivity contribution is -0.132. The van der Waals surface area contributed by atoms with Crippen LogP contribution in [0.2, 0.25) is 0 Å². The molecule has 0 radical (unpaired) electrons. The average Bonchev–Trinajstić information content (AvgIpc) is 3.49. The van der Waals surface area contributed by atoms with Gasteiger partial charge in [-0.1, -0.05) is 12.1 Å². The molecule has 1 aliphatic heterocycles. The van der Waals surface area contributed by atoms with Gasteiger partial charge in [0.1, 0.15) is 11.8 Å². The van der Waals surface area contributed by atoms with Gasteiger partial charge in [-0.2, -0.15) is 4.68 Å². The molecule has 0 saturated heterocycles. The zero-order valence-electron chi connectivity index (χ0n) is 15.9. The summed E-state index contributed by atoms with van der Waals surface area (Å²) in [6.45, 7) is 2.54. The van der Waals surface area contributed by atoms with Crippen LogP contribution in [-0.4, -0.2) is 37.6 Å². The van der Waals surface area contributed by atoms with E-state index in [1.807, 2.05) is 48.2 Å². The highest BCUT2D eigenvalue weighted by Crippen LogP contribution is 2.38. The Hall–Kier alpha value is -3.26. The standard InChI is InChI=1S/C21H19N5O2S/c1-14-22-23-24-26(14)16-6-4-15(5-7-16)13-20(27)25-10-8-19-17(9-12-29-19)21(25)18-3-2-11-28-18/h2-7,9,11-12,21H,8,10,13H2,1H3/t21-/m0/s1. The molecule has 0 N–H and O–H groups in total. The van der Waals surface area contributed by atoms with E-state index >= 15 is 0 Å². The maximum absolute atomic E-state index is 13.2. The van der Waals surface area contributed by atoms with Crippen molar-refractivity contribution in [2.75, 3.05) is 6.54 Å². The molecule has 0 saturated carbocycles. The first kappa shape index (κ1) is 17.8. The molecule has 1 aliphatic rings. The minimum absolute atomic E-state index is 0.0922. The lowest BCUT2D eigenvalue weighted by atomic mass is 9.97. The van der Waals surface area contributed by atoms with Crippen molar-refractivity contribution in [2.24, 2.45) is 0 Å².